The van der Waals surface area contributed by atoms with Gasteiger partial charge in [0.25, 0.3) is 5.91 Å². The van der Waals surface area contributed by atoms with Gasteiger partial charge in [-0.15, -0.1) is 5.10 Å². The lowest BCUT2D eigenvalue weighted by molar-refractivity contribution is 0.0925. The van der Waals surface area contributed by atoms with Crippen molar-refractivity contribution in [2.45, 2.75) is 26.7 Å². The first kappa shape index (κ1) is 12.4. The van der Waals surface area contributed by atoms with Crippen molar-refractivity contribution in [3.05, 3.63) is 10.6 Å². The monoisotopic (exact) mass is 254 g/mol. The van der Waals surface area contributed by atoms with Crippen LogP contribution in [0.3, 0.4) is 0 Å². The number of hydrogen-bond acceptors (Lipinski definition) is 5. The molecule has 2 rings (SSSR count). The van der Waals surface area contributed by atoms with Crippen molar-refractivity contribution in [1.29, 1.82) is 0 Å². The van der Waals surface area contributed by atoms with Gasteiger partial charge in [-0.25, -0.2) is 0 Å². The van der Waals surface area contributed by atoms with Gasteiger partial charge in [-0.05, 0) is 49.8 Å². The van der Waals surface area contributed by atoms with Crippen molar-refractivity contribution < 1.29 is 4.79 Å². The van der Waals surface area contributed by atoms with E-state index in [2.05, 4.69) is 27.1 Å². The molecule has 2 N–H and O–H groups in total. The van der Waals surface area contributed by atoms with Gasteiger partial charge in [0.2, 0.25) is 0 Å². The van der Waals surface area contributed by atoms with Crippen molar-refractivity contribution in [2.75, 3.05) is 19.6 Å². The zero-order valence-corrected chi connectivity index (χ0v) is 11.1. The number of carbonyl (C=O) groups excluding carboxylic acids is 1. The summed E-state index contributed by atoms with van der Waals surface area (Å²) in [4.78, 5) is 12.5. The first-order chi connectivity index (χ1) is 8.11. The molecule has 94 valence electrons. The molecule has 0 bridgehead atoms. The number of rotatable bonds is 3. The molecule has 0 atom stereocenters. The van der Waals surface area contributed by atoms with Gasteiger partial charge in [0.05, 0.1) is 5.69 Å². The highest BCUT2D eigenvalue weighted by atomic mass is 32.1. The molecule has 6 heteroatoms. The Bertz CT molecular complexity index is 398. The van der Waals surface area contributed by atoms with Crippen LogP contribution in [0, 0.1) is 12.3 Å². The van der Waals surface area contributed by atoms with E-state index in [-0.39, 0.29) is 11.3 Å². The molecule has 1 fully saturated rings. The third-order valence-electron chi connectivity index (χ3n) is 3.34. The van der Waals surface area contributed by atoms with Crippen molar-refractivity contribution >= 4 is 17.4 Å². The lowest BCUT2D eigenvalue weighted by Gasteiger charge is -2.34. The fourth-order valence-electron chi connectivity index (χ4n) is 2.02. The van der Waals surface area contributed by atoms with E-state index in [4.69, 9.17) is 0 Å². The van der Waals surface area contributed by atoms with E-state index in [0.29, 0.717) is 10.6 Å². The summed E-state index contributed by atoms with van der Waals surface area (Å²) in [5, 5.41) is 10.2. The van der Waals surface area contributed by atoms with Crippen LogP contribution in [0.4, 0.5) is 0 Å². The van der Waals surface area contributed by atoms with E-state index in [1.54, 1.807) is 0 Å². The number of aromatic nitrogens is 2. The molecule has 1 aliphatic heterocycles. The summed E-state index contributed by atoms with van der Waals surface area (Å²) in [6, 6.07) is 0. The van der Waals surface area contributed by atoms with Gasteiger partial charge in [0, 0.05) is 6.54 Å². The highest BCUT2D eigenvalue weighted by molar-refractivity contribution is 7.07. The van der Waals surface area contributed by atoms with Gasteiger partial charge in [-0.3, -0.25) is 4.79 Å². The van der Waals surface area contributed by atoms with Crippen LogP contribution < -0.4 is 10.6 Å². The number of nitrogens with one attached hydrogen (secondary N) is 2. The molecule has 0 aliphatic carbocycles. The average molecular weight is 254 g/mol. The molecule has 2 heterocycles. The number of aryl methyl sites for hydroxylation is 1. The maximum atomic E-state index is 11.9. The van der Waals surface area contributed by atoms with Crippen LogP contribution in [0.15, 0.2) is 0 Å². The first-order valence-electron chi connectivity index (χ1n) is 5.89. The molecular weight excluding hydrogens is 236 g/mol. The zero-order valence-electron chi connectivity index (χ0n) is 10.2. The van der Waals surface area contributed by atoms with Gasteiger partial charge in [-0.1, -0.05) is 11.4 Å². The number of piperidine rings is 1. The molecule has 1 amide bonds. The molecule has 1 aromatic rings. The lowest BCUT2D eigenvalue weighted by atomic mass is 9.81. The summed E-state index contributed by atoms with van der Waals surface area (Å²) in [7, 11) is 0. The normalized spacial score (nSPS) is 18.9. The third-order valence-corrected chi connectivity index (χ3v) is 4.17. The van der Waals surface area contributed by atoms with Crippen LogP contribution in [0.25, 0.3) is 0 Å². The Hall–Kier alpha value is -1.01. The van der Waals surface area contributed by atoms with Crippen molar-refractivity contribution in [3.63, 3.8) is 0 Å². The van der Waals surface area contributed by atoms with E-state index in [9.17, 15) is 4.79 Å². The maximum absolute atomic E-state index is 11.9. The molecule has 0 unspecified atom stereocenters. The number of hydrogen-bond donors (Lipinski definition) is 2. The predicted molar refractivity (Wildman–Crippen MR) is 67.2 cm³/mol. The molecule has 1 aliphatic rings. The van der Waals surface area contributed by atoms with Gasteiger partial charge in [0.1, 0.15) is 4.88 Å². The van der Waals surface area contributed by atoms with E-state index in [1.807, 2.05) is 6.92 Å². The summed E-state index contributed by atoms with van der Waals surface area (Å²) in [6.45, 7) is 6.84. The summed E-state index contributed by atoms with van der Waals surface area (Å²) in [6.07, 6.45) is 2.21. The summed E-state index contributed by atoms with van der Waals surface area (Å²) in [5.74, 6) is -0.0442. The maximum Gasteiger partial charge on any atom is 0.264 e. The van der Waals surface area contributed by atoms with Crippen LogP contribution in [0.1, 0.15) is 35.1 Å². The molecule has 0 saturated carbocycles. The Morgan fingerprint density at radius 2 is 2.24 bits per heavy atom. The molecule has 0 radical (unpaired) electrons. The fourth-order valence-corrected chi connectivity index (χ4v) is 2.59. The van der Waals surface area contributed by atoms with Crippen molar-refractivity contribution in [2.24, 2.45) is 5.41 Å². The van der Waals surface area contributed by atoms with Gasteiger partial charge >= 0.3 is 0 Å². The van der Waals surface area contributed by atoms with E-state index in [1.165, 1.54) is 0 Å². The average Bonchev–Trinajstić information content (AvgIpc) is 2.74. The van der Waals surface area contributed by atoms with E-state index < -0.39 is 0 Å². The Kier molecular flexibility index (Phi) is 3.73. The van der Waals surface area contributed by atoms with E-state index in [0.717, 1.165) is 44.0 Å². The fraction of sp³-hybridized carbons (Fsp3) is 0.727. The highest BCUT2D eigenvalue weighted by Gasteiger charge is 2.27. The van der Waals surface area contributed by atoms with Gasteiger partial charge in [0.15, 0.2) is 0 Å². The summed E-state index contributed by atoms with van der Waals surface area (Å²) in [5.41, 5.74) is 0.926. The molecule has 1 aromatic heterocycles. The van der Waals surface area contributed by atoms with Crippen LogP contribution in [0.5, 0.6) is 0 Å². The largest absolute Gasteiger partial charge is 0.351 e. The molecule has 1 saturated heterocycles. The topological polar surface area (TPSA) is 66.9 Å². The number of nitrogens with zero attached hydrogens (tertiary/aromatic N) is 2. The lowest BCUT2D eigenvalue weighted by Crippen LogP contribution is -2.42. The Labute approximate surface area is 105 Å². The molecule has 5 nitrogen and oxygen atoms in total. The van der Waals surface area contributed by atoms with Crippen LogP contribution >= 0.6 is 11.5 Å². The van der Waals surface area contributed by atoms with Gasteiger partial charge in [-0.2, -0.15) is 0 Å². The predicted octanol–water partition coefficient (Wildman–Crippen LogP) is 0.966. The van der Waals surface area contributed by atoms with E-state index >= 15 is 0 Å². The standard InChI is InChI=1S/C11H18N4OS/c1-8-9(17-15-14-8)10(16)13-7-11(2)3-5-12-6-4-11/h12H,3-7H2,1-2H3,(H,13,16). The van der Waals surface area contributed by atoms with Crippen molar-refractivity contribution in [1.82, 2.24) is 20.2 Å². The van der Waals surface area contributed by atoms with Crippen molar-refractivity contribution in [3.8, 4) is 0 Å². The minimum absolute atomic E-state index is 0.0442. The molecule has 0 aromatic carbocycles. The third kappa shape index (κ3) is 3.01. The minimum Gasteiger partial charge on any atom is -0.351 e. The van der Waals surface area contributed by atoms with Gasteiger partial charge < -0.3 is 10.6 Å². The first-order valence-corrected chi connectivity index (χ1v) is 6.66. The SMILES string of the molecule is Cc1nnsc1C(=O)NCC1(C)CCNCC1. The molecule has 17 heavy (non-hydrogen) atoms. The summed E-state index contributed by atoms with van der Waals surface area (Å²) >= 11 is 1.16. The second-order valence-electron chi connectivity index (χ2n) is 4.93. The number of amides is 1. The smallest absolute Gasteiger partial charge is 0.264 e. The number of carbonyl (C=O) groups is 1. The summed E-state index contributed by atoms with van der Waals surface area (Å²) < 4.78 is 3.78. The second-order valence-corrected chi connectivity index (χ2v) is 5.68. The van der Waals surface area contributed by atoms with Crippen LogP contribution in [-0.4, -0.2) is 35.1 Å². The minimum atomic E-state index is -0.0442. The zero-order chi connectivity index (χ0) is 12.3. The van der Waals surface area contributed by atoms with Crippen LogP contribution in [0.2, 0.25) is 0 Å². The quantitative estimate of drug-likeness (QED) is 0.843. The molecule has 0 spiro atoms. The Morgan fingerprint density at radius 1 is 1.53 bits per heavy atom. The Morgan fingerprint density at radius 3 is 2.82 bits per heavy atom. The van der Waals surface area contributed by atoms with Crippen LogP contribution in [-0.2, 0) is 0 Å². The highest BCUT2D eigenvalue weighted by Crippen LogP contribution is 2.26. The molecular formula is C11H18N4OS. The Balaban J connectivity index is 1.90. The second kappa shape index (κ2) is 5.10.